The number of carbonyl (C=O) groups excluding carboxylic acids is 1. The Morgan fingerprint density at radius 2 is 2.19 bits per heavy atom. The number of carbonyl (C=O) groups is 1. The molecule has 1 aliphatic rings. The van der Waals surface area contributed by atoms with Crippen LogP contribution in [0.4, 0.5) is 10.1 Å². The van der Waals surface area contributed by atoms with E-state index in [9.17, 15) is 9.18 Å². The van der Waals surface area contributed by atoms with Crippen LogP contribution in [0.15, 0.2) is 12.1 Å². The SMILES string of the molecule is CC1(C)CC(=O)Nc2cc(F)cc(Cl)c2O1. The molecule has 1 aromatic carbocycles. The fourth-order valence-corrected chi connectivity index (χ4v) is 1.89. The predicted octanol–water partition coefficient (Wildman–Crippen LogP) is 2.98. The van der Waals surface area contributed by atoms with Crippen LogP contribution in [0.2, 0.25) is 5.02 Å². The van der Waals surface area contributed by atoms with E-state index in [0.29, 0.717) is 5.75 Å². The quantitative estimate of drug-likeness (QED) is 0.761. The van der Waals surface area contributed by atoms with Crippen LogP contribution in [0.3, 0.4) is 0 Å². The van der Waals surface area contributed by atoms with E-state index in [1.165, 1.54) is 6.07 Å². The first-order chi connectivity index (χ1) is 7.37. The lowest BCUT2D eigenvalue weighted by Gasteiger charge is -2.23. The van der Waals surface area contributed by atoms with Crippen LogP contribution < -0.4 is 10.1 Å². The smallest absolute Gasteiger partial charge is 0.228 e. The van der Waals surface area contributed by atoms with Gasteiger partial charge < -0.3 is 10.1 Å². The minimum Gasteiger partial charge on any atom is -0.484 e. The van der Waals surface area contributed by atoms with Crippen LogP contribution in [-0.2, 0) is 4.79 Å². The van der Waals surface area contributed by atoms with Crippen molar-refractivity contribution in [2.24, 2.45) is 0 Å². The third kappa shape index (κ3) is 2.11. The zero-order chi connectivity index (χ0) is 11.9. The number of benzene rings is 1. The molecule has 16 heavy (non-hydrogen) atoms. The predicted molar refractivity (Wildman–Crippen MR) is 59.4 cm³/mol. The van der Waals surface area contributed by atoms with E-state index in [-0.39, 0.29) is 23.0 Å². The summed E-state index contributed by atoms with van der Waals surface area (Å²) < 4.78 is 18.7. The van der Waals surface area contributed by atoms with Crippen molar-refractivity contribution in [2.75, 3.05) is 5.32 Å². The molecule has 3 nitrogen and oxygen atoms in total. The van der Waals surface area contributed by atoms with E-state index in [0.717, 1.165) is 6.07 Å². The molecule has 0 bridgehead atoms. The standard InChI is InChI=1S/C11H11ClFNO2/c1-11(2)5-9(15)14-8-4-6(13)3-7(12)10(8)16-11/h3-4H,5H2,1-2H3,(H,14,15). The number of amides is 1. The fourth-order valence-electron chi connectivity index (χ4n) is 1.65. The van der Waals surface area contributed by atoms with E-state index < -0.39 is 11.4 Å². The van der Waals surface area contributed by atoms with Gasteiger partial charge in [-0.25, -0.2) is 4.39 Å². The maximum absolute atomic E-state index is 13.1. The Morgan fingerprint density at radius 1 is 1.50 bits per heavy atom. The summed E-state index contributed by atoms with van der Waals surface area (Å²) in [6.07, 6.45) is 0.194. The molecule has 86 valence electrons. The normalized spacial score (nSPS) is 18.1. The molecule has 1 aromatic rings. The molecule has 0 radical (unpaired) electrons. The minimum absolute atomic E-state index is 0.158. The van der Waals surface area contributed by atoms with Gasteiger partial charge in [-0.2, -0.15) is 0 Å². The second-order valence-electron chi connectivity index (χ2n) is 4.35. The zero-order valence-electron chi connectivity index (χ0n) is 8.93. The van der Waals surface area contributed by atoms with Crippen molar-refractivity contribution in [1.82, 2.24) is 0 Å². The number of hydrogen-bond acceptors (Lipinski definition) is 2. The average molecular weight is 244 g/mol. The summed E-state index contributed by atoms with van der Waals surface area (Å²) in [6, 6.07) is 2.36. The summed E-state index contributed by atoms with van der Waals surface area (Å²) in [5.41, 5.74) is -0.378. The lowest BCUT2D eigenvalue weighted by atomic mass is 10.1. The van der Waals surface area contributed by atoms with Crippen LogP contribution in [0.25, 0.3) is 0 Å². The maximum atomic E-state index is 13.1. The summed E-state index contributed by atoms with van der Waals surface area (Å²) in [7, 11) is 0. The number of ether oxygens (including phenoxy) is 1. The van der Waals surface area contributed by atoms with Gasteiger partial charge in [0, 0.05) is 6.07 Å². The number of hydrogen-bond donors (Lipinski definition) is 1. The molecule has 0 saturated carbocycles. The first kappa shape index (κ1) is 11.2. The highest BCUT2D eigenvalue weighted by Crippen LogP contribution is 2.39. The molecule has 5 heteroatoms. The molecule has 1 heterocycles. The molecule has 1 amide bonds. The molecular weight excluding hydrogens is 233 g/mol. The Hall–Kier alpha value is -1.29. The highest BCUT2D eigenvalue weighted by Gasteiger charge is 2.30. The highest BCUT2D eigenvalue weighted by atomic mass is 35.5. The van der Waals surface area contributed by atoms with Gasteiger partial charge in [-0.1, -0.05) is 11.6 Å². The molecule has 0 atom stereocenters. The van der Waals surface area contributed by atoms with Gasteiger partial charge in [0.1, 0.15) is 11.4 Å². The summed E-state index contributed by atoms with van der Waals surface area (Å²) in [5.74, 6) is -0.406. The van der Waals surface area contributed by atoms with Gasteiger partial charge in [0.05, 0.1) is 17.1 Å². The van der Waals surface area contributed by atoms with Gasteiger partial charge >= 0.3 is 0 Å². The van der Waals surface area contributed by atoms with Gasteiger partial charge in [-0.15, -0.1) is 0 Å². The van der Waals surface area contributed by atoms with Crippen molar-refractivity contribution in [3.8, 4) is 5.75 Å². The number of fused-ring (bicyclic) bond motifs is 1. The average Bonchev–Trinajstić information content (AvgIpc) is 2.19. The number of rotatable bonds is 0. The minimum atomic E-state index is -0.656. The molecule has 0 fully saturated rings. The summed E-state index contributed by atoms with van der Waals surface area (Å²) in [4.78, 5) is 11.5. The van der Waals surface area contributed by atoms with E-state index in [2.05, 4.69) is 5.32 Å². The van der Waals surface area contributed by atoms with Crippen molar-refractivity contribution in [2.45, 2.75) is 25.9 Å². The maximum Gasteiger partial charge on any atom is 0.228 e. The lowest BCUT2D eigenvalue weighted by Crippen LogP contribution is -2.30. The van der Waals surface area contributed by atoms with Gasteiger partial charge in [0.2, 0.25) is 5.91 Å². The first-order valence-electron chi connectivity index (χ1n) is 4.85. The Kier molecular flexibility index (Phi) is 2.54. The Labute approximate surface area is 97.5 Å². The Balaban J connectivity index is 2.54. The molecule has 1 N–H and O–H groups in total. The molecular formula is C11H11ClFNO2. The van der Waals surface area contributed by atoms with Gasteiger partial charge in [-0.3, -0.25) is 4.79 Å². The van der Waals surface area contributed by atoms with Crippen LogP contribution in [-0.4, -0.2) is 11.5 Å². The molecule has 0 spiro atoms. The van der Waals surface area contributed by atoms with Crippen LogP contribution >= 0.6 is 11.6 Å². The monoisotopic (exact) mass is 243 g/mol. The second-order valence-corrected chi connectivity index (χ2v) is 4.76. The van der Waals surface area contributed by atoms with E-state index in [1.807, 2.05) is 0 Å². The van der Waals surface area contributed by atoms with Crippen LogP contribution in [0.1, 0.15) is 20.3 Å². The van der Waals surface area contributed by atoms with E-state index in [1.54, 1.807) is 13.8 Å². The highest BCUT2D eigenvalue weighted by molar-refractivity contribution is 6.32. The third-order valence-electron chi connectivity index (χ3n) is 2.25. The van der Waals surface area contributed by atoms with Gasteiger partial charge in [0.25, 0.3) is 0 Å². The number of nitrogens with one attached hydrogen (secondary N) is 1. The van der Waals surface area contributed by atoms with Crippen molar-refractivity contribution in [3.05, 3.63) is 23.0 Å². The van der Waals surface area contributed by atoms with Crippen molar-refractivity contribution in [1.29, 1.82) is 0 Å². The van der Waals surface area contributed by atoms with Crippen LogP contribution in [0.5, 0.6) is 5.75 Å². The van der Waals surface area contributed by atoms with Crippen molar-refractivity contribution in [3.63, 3.8) is 0 Å². The topological polar surface area (TPSA) is 38.3 Å². The molecule has 0 saturated heterocycles. The molecule has 1 aliphatic heterocycles. The number of anilines is 1. The molecule has 0 unspecified atom stereocenters. The Bertz CT molecular complexity index is 460. The number of halogens is 2. The molecule has 0 aliphatic carbocycles. The lowest BCUT2D eigenvalue weighted by molar-refractivity contribution is -0.118. The van der Waals surface area contributed by atoms with Crippen molar-refractivity contribution >= 4 is 23.2 Å². The fraction of sp³-hybridized carbons (Fsp3) is 0.364. The van der Waals surface area contributed by atoms with Gasteiger partial charge in [0.15, 0.2) is 5.75 Å². The Morgan fingerprint density at radius 3 is 2.88 bits per heavy atom. The van der Waals surface area contributed by atoms with Crippen LogP contribution in [0, 0.1) is 5.82 Å². The molecule has 2 rings (SSSR count). The molecule has 0 aromatic heterocycles. The zero-order valence-corrected chi connectivity index (χ0v) is 9.69. The van der Waals surface area contributed by atoms with E-state index >= 15 is 0 Å². The first-order valence-corrected chi connectivity index (χ1v) is 5.23. The largest absolute Gasteiger partial charge is 0.484 e. The summed E-state index contributed by atoms with van der Waals surface area (Å²) in [6.45, 7) is 3.56. The summed E-state index contributed by atoms with van der Waals surface area (Å²) in [5, 5.41) is 2.73. The van der Waals surface area contributed by atoms with E-state index in [4.69, 9.17) is 16.3 Å². The van der Waals surface area contributed by atoms with Crippen molar-refractivity contribution < 1.29 is 13.9 Å². The summed E-state index contributed by atoms with van der Waals surface area (Å²) >= 11 is 5.88. The van der Waals surface area contributed by atoms with Gasteiger partial charge in [-0.05, 0) is 19.9 Å². The second kappa shape index (κ2) is 3.63. The third-order valence-corrected chi connectivity index (χ3v) is 2.53.